The summed E-state index contributed by atoms with van der Waals surface area (Å²) in [6, 6.07) is 7.56. The first-order chi connectivity index (χ1) is 9.16. The van der Waals surface area contributed by atoms with E-state index >= 15 is 0 Å². The molecule has 0 aliphatic carbocycles. The summed E-state index contributed by atoms with van der Waals surface area (Å²) in [6.45, 7) is 4.05. The van der Waals surface area contributed by atoms with Crippen LogP contribution in [0.3, 0.4) is 0 Å². The maximum absolute atomic E-state index is 12.0. The quantitative estimate of drug-likeness (QED) is 0.887. The molecule has 2 atom stereocenters. The van der Waals surface area contributed by atoms with Gasteiger partial charge in [0.05, 0.1) is 19.3 Å². The van der Waals surface area contributed by atoms with E-state index in [9.17, 15) is 4.79 Å². The molecule has 1 amide bonds. The predicted octanol–water partition coefficient (Wildman–Crippen LogP) is 1.90. The van der Waals surface area contributed by atoms with Crippen molar-refractivity contribution >= 4 is 17.5 Å². The van der Waals surface area contributed by atoms with E-state index in [1.54, 1.807) is 0 Å². The summed E-state index contributed by atoms with van der Waals surface area (Å²) in [5.74, 6) is 0.00965. The lowest BCUT2D eigenvalue weighted by Crippen LogP contribution is -2.44. The molecule has 0 radical (unpaired) electrons. The highest BCUT2D eigenvalue weighted by atomic mass is 35.5. The second-order valence-electron chi connectivity index (χ2n) is 4.74. The van der Waals surface area contributed by atoms with Gasteiger partial charge in [0, 0.05) is 24.0 Å². The van der Waals surface area contributed by atoms with Crippen molar-refractivity contribution in [1.29, 1.82) is 0 Å². The van der Waals surface area contributed by atoms with Crippen LogP contribution in [0.5, 0.6) is 0 Å². The molecule has 1 aromatic rings. The average Bonchev–Trinajstić information content (AvgIpc) is 2.40. The summed E-state index contributed by atoms with van der Waals surface area (Å²) in [5, 5.41) is 6.90. The van der Waals surface area contributed by atoms with Gasteiger partial charge in [-0.15, -0.1) is 0 Å². The van der Waals surface area contributed by atoms with Crippen LogP contribution in [0.2, 0.25) is 5.02 Å². The van der Waals surface area contributed by atoms with Crippen LogP contribution >= 0.6 is 11.6 Å². The molecule has 0 aromatic heterocycles. The number of rotatable bonds is 4. The number of benzene rings is 1. The molecule has 19 heavy (non-hydrogen) atoms. The topological polar surface area (TPSA) is 50.4 Å². The highest BCUT2D eigenvalue weighted by molar-refractivity contribution is 6.31. The average molecular weight is 283 g/mol. The van der Waals surface area contributed by atoms with Gasteiger partial charge in [-0.3, -0.25) is 4.79 Å². The van der Waals surface area contributed by atoms with Gasteiger partial charge in [0.25, 0.3) is 0 Å². The van der Waals surface area contributed by atoms with Crippen molar-refractivity contribution in [2.45, 2.75) is 25.4 Å². The van der Waals surface area contributed by atoms with E-state index in [0.29, 0.717) is 24.7 Å². The number of hydrogen-bond acceptors (Lipinski definition) is 3. The van der Waals surface area contributed by atoms with Crippen molar-refractivity contribution in [2.24, 2.45) is 0 Å². The van der Waals surface area contributed by atoms with Gasteiger partial charge in [-0.05, 0) is 18.6 Å². The molecule has 1 heterocycles. The van der Waals surface area contributed by atoms with Gasteiger partial charge in [-0.25, -0.2) is 0 Å². The molecule has 1 unspecified atom stereocenters. The minimum Gasteiger partial charge on any atom is -0.378 e. The molecule has 1 fully saturated rings. The van der Waals surface area contributed by atoms with E-state index in [4.69, 9.17) is 16.3 Å². The summed E-state index contributed by atoms with van der Waals surface area (Å²) in [5.41, 5.74) is 0.936. The Morgan fingerprint density at radius 3 is 3.05 bits per heavy atom. The van der Waals surface area contributed by atoms with Crippen molar-refractivity contribution in [1.82, 2.24) is 10.6 Å². The highest BCUT2D eigenvalue weighted by Gasteiger charge is 2.18. The lowest BCUT2D eigenvalue weighted by molar-refractivity contribution is -0.122. The summed E-state index contributed by atoms with van der Waals surface area (Å²) in [7, 11) is 0. The molecule has 2 N–H and O–H groups in total. The third-order valence-electron chi connectivity index (χ3n) is 3.18. The minimum absolute atomic E-state index is 0.00965. The van der Waals surface area contributed by atoms with E-state index in [2.05, 4.69) is 10.6 Å². The monoisotopic (exact) mass is 282 g/mol. The fourth-order valence-electron chi connectivity index (χ4n) is 2.18. The molecule has 5 heteroatoms. The Bertz CT molecular complexity index is 433. The maximum atomic E-state index is 12.0. The predicted molar refractivity (Wildman–Crippen MR) is 75.2 cm³/mol. The second-order valence-corrected chi connectivity index (χ2v) is 5.15. The molecule has 4 nitrogen and oxygen atoms in total. The van der Waals surface area contributed by atoms with Gasteiger partial charge in [-0.1, -0.05) is 29.8 Å². The summed E-state index contributed by atoms with van der Waals surface area (Å²) in [4.78, 5) is 12.0. The van der Waals surface area contributed by atoms with Crippen molar-refractivity contribution in [3.05, 3.63) is 34.9 Å². The van der Waals surface area contributed by atoms with Crippen LogP contribution in [-0.2, 0) is 9.53 Å². The number of carbonyl (C=O) groups excluding carboxylic acids is 1. The lowest BCUT2D eigenvalue weighted by Gasteiger charge is -2.24. The van der Waals surface area contributed by atoms with E-state index in [-0.39, 0.29) is 18.0 Å². The zero-order chi connectivity index (χ0) is 13.7. The van der Waals surface area contributed by atoms with Crippen LogP contribution < -0.4 is 10.6 Å². The van der Waals surface area contributed by atoms with Gasteiger partial charge in [-0.2, -0.15) is 0 Å². The van der Waals surface area contributed by atoms with Gasteiger partial charge in [0.1, 0.15) is 0 Å². The van der Waals surface area contributed by atoms with Crippen molar-refractivity contribution in [3.63, 3.8) is 0 Å². The molecule has 2 rings (SSSR count). The molecule has 1 aliphatic heterocycles. The highest BCUT2D eigenvalue weighted by Crippen LogP contribution is 2.22. The SMILES string of the molecule is C[C@@H](NC(=O)CC1COCCN1)c1ccccc1Cl. The number of ether oxygens (including phenoxy) is 1. The van der Waals surface area contributed by atoms with Crippen LogP contribution in [0, 0.1) is 0 Å². The maximum Gasteiger partial charge on any atom is 0.222 e. The van der Waals surface area contributed by atoms with E-state index < -0.39 is 0 Å². The zero-order valence-corrected chi connectivity index (χ0v) is 11.7. The summed E-state index contributed by atoms with van der Waals surface area (Å²) < 4.78 is 5.33. The first-order valence-corrected chi connectivity index (χ1v) is 6.89. The normalized spacial score (nSPS) is 20.8. The first kappa shape index (κ1) is 14.3. The smallest absolute Gasteiger partial charge is 0.222 e. The molecule has 1 aliphatic rings. The zero-order valence-electron chi connectivity index (χ0n) is 11.0. The third kappa shape index (κ3) is 4.20. The van der Waals surface area contributed by atoms with Gasteiger partial charge < -0.3 is 15.4 Å². The van der Waals surface area contributed by atoms with Crippen molar-refractivity contribution in [3.8, 4) is 0 Å². The molecule has 1 aromatic carbocycles. The van der Waals surface area contributed by atoms with Gasteiger partial charge >= 0.3 is 0 Å². The van der Waals surface area contributed by atoms with Gasteiger partial charge in [0.15, 0.2) is 0 Å². The lowest BCUT2D eigenvalue weighted by atomic mass is 10.1. The standard InChI is InChI=1S/C14H19ClN2O2/c1-10(12-4-2-3-5-13(12)15)17-14(18)8-11-9-19-7-6-16-11/h2-5,10-11,16H,6-9H2,1H3,(H,17,18)/t10-,11?/m1/s1. The van der Waals surface area contributed by atoms with E-state index in [1.807, 2.05) is 31.2 Å². The summed E-state index contributed by atoms with van der Waals surface area (Å²) in [6.07, 6.45) is 0.425. The molecule has 1 saturated heterocycles. The molecule has 0 spiro atoms. The van der Waals surface area contributed by atoms with Gasteiger partial charge in [0.2, 0.25) is 5.91 Å². The Hall–Kier alpha value is -1.10. The molecular weight excluding hydrogens is 264 g/mol. The summed E-state index contributed by atoms with van der Waals surface area (Å²) >= 11 is 6.11. The Morgan fingerprint density at radius 2 is 2.37 bits per heavy atom. The van der Waals surface area contributed by atoms with Crippen LogP contribution in [0.1, 0.15) is 24.9 Å². The third-order valence-corrected chi connectivity index (χ3v) is 3.52. The molecule has 104 valence electrons. The van der Waals surface area contributed by atoms with E-state index in [0.717, 1.165) is 12.1 Å². The van der Waals surface area contributed by atoms with Crippen LogP contribution in [0.4, 0.5) is 0 Å². The van der Waals surface area contributed by atoms with E-state index in [1.165, 1.54) is 0 Å². The Morgan fingerprint density at radius 1 is 1.58 bits per heavy atom. The first-order valence-electron chi connectivity index (χ1n) is 6.51. The Labute approximate surface area is 118 Å². The molecule has 0 saturated carbocycles. The van der Waals surface area contributed by atoms with Crippen LogP contribution in [0.15, 0.2) is 24.3 Å². The number of morpholine rings is 1. The van der Waals surface area contributed by atoms with Crippen LogP contribution in [0.25, 0.3) is 0 Å². The van der Waals surface area contributed by atoms with Crippen LogP contribution in [-0.4, -0.2) is 31.7 Å². The number of halogens is 1. The van der Waals surface area contributed by atoms with Crippen molar-refractivity contribution < 1.29 is 9.53 Å². The molecule has 0 bridgehead atoms. The largest absolute Gasteiger partial charge is 0.378 e. The number of hydrogen-bond donors (Lipinski definition) is 2. The molecular formula is C14H19ClN2O2. The number of nitrogens with one attached hydrogen (secondary N) is 2. The fourth-order valence-corrected chi connectivity index (χ4v) is 2.48. The fraction of sp³-hybridized carbons (Fsp3) is 0.500. The number of amides is 1. The minimum atomic E-state index is -0.0919. The Balaban J connectivity index is 1.86. The Kier molecular flexibility index (Phi) is 5.19. The number of carbonyl (C=O) groups is 1. The second kappa shape index (κ2) is 6.89. The van der Waals surface area contributed by atoms with Crippen molar-refractivity contribution in [2.75, 3.05) is 19.8 Å².